The van der Waals surface area contributed by atoms with Gasteiger partial charge in [-0.3, -0.25) is 9.59 Å². The molecule has 4 nitrogen and oxygen atoms in total. The molecule has 1 unspecified atom stereocenters. The molecule has 4 heteroatoms. The van der Waals surface area contributed by atoms with Gasteiger partial charge < -0.3 is 5.73 Å². The maximum absolute atomic E-state index is 11.6. The van der Waals surface area contributed by atoms with Crippen molar-refractivity contribution in [2.24, 2.45) is 11.7 Å². The molecular weight excluding hydrogens is 204 g/mol. The number of nitriles is 1. The molecule has 78 valence electrons. The summed E-state index contributed by atoms with van der Waals surface area (Å²) in [5.74, 6) is -1.99. The van der Waals surface area contributed by atoms with Crippen LogP contribution in [0.1, 0.15) is 15.9 Å². The van der Waals surface area contributed by atoms with Crippen LogP contribution < -0.4 is 5.73 Å². The van der Waals surface area contributed by atoms with Gasteiger partial charge in [-0.05, 0) is 17.2 Å². The number of primary amides is 1. The molecule has 1 aromatic carbocycles. The third-order valence-corrected chi connectivity index (χ3v) is 2.51. The van der Waals surface area contributed by atoms with Gasteiger partial charge in [0.05, 0.1) is 6.07 Å². The number of rotatable bonds is 2. The van der Waals surface area contributed by atoms with Gasteiger partial charge in [-0.15, -0.1) is 0 Å². The molecule has 16 heavy (non-hydrogen) atoms. The number of hydrogen-bond donors (Lipinski definition) is 1. The summed E-state index contributed by atoms with van der Waals surface area (Å²) in [4.78, 5) is 22.7. The number of nitrogens with two attached hydrogens (primary N) is 1. The molecule has 0 aromatic heterocycles. The van der Waals surface area contributed by atoms with E-state index >= 15 is 0 Å². The van der Waals surface area contributed by atoms with E-state index in [0.717, 1.165) is 0 Å². The molecule has 1 aliphatic rings. The molecule has 0 bridgehead atoms. The lowest BCUT2D eigenvalue weighted by molar-refractivity contribution is -0.118. The van der Waals surface area contributed by atoms with Crippen LogP contribution in [0.5, 0.6) is 0 Å². The molecule has 0 spiro atoms. The van der Waals surface area contributed by atoms with Gasteiger partial charge in [0.2, 0.25) is 5.91 Å². The van der Waals surface area contributed by atoms with Gasteiger partial charge >= 0.3 is 0 Å². The summed E-state index contributed by atoms with van der Waals surface area (Å²) >= 11 is 0. The Morgan fingerprint density at radius 3 is 2.50 bits per heavy atom. The first kappa shape index (κ1) is 10.1. The highest BCUT2D eigenvalue weighted by molar-refractivity contribution is 6.19. The second-order valence-electron chi connectivity index (χ2n) is 3.47. The van der Waals surface area contributed by atoms with Crippen LogP contribution in [0.4, 0.5) is 0 Å². The highest BCUT2D eigenvalue weighted by atomic mass is 16.1. The highest BCUT2D eigenvalue weighted by Gasteiger charge is 2.29. The Balaban J connectivity index is 2.54. The van der Waals surface area contributed by atoms with Gasteiger partial charge in [0.25, 0.3) is 0 Å². The van der Waals surface area contributed by atoms with E-state index in [4.69, 9.17) is 11.0 Å². The molecule has 2 rings (SSSR count). The lowest BCUT2D eigenvalue weighted by Crippen LogP contribution is -2.22. The fourth-order valence-corrected chi connectivity index (χ4v) is 1.77. The minimum absolute atomic E-state index is 0.188. The summed E-state index contributed by atoms with van der Waals surface area (Å²) in [5, 5.41) is 8.87. The number of fused-ring (bicyclic) bond motifs is 1. The molecule has 1 amide bonds. The first-order valence-corrected chi connectivity index (χ1v) is 4.69. The van der Waals surface area contributed by atoms with Crippen molar-refractivity contribution in [3.63, 3.8) is 0 Å². The third-order valence-electron chi connectivity index (χ3n) is 2.51. The topological polar surface area (TPSA) is 83.9 Å². The van der Waals surface area contributed by atoms with E-state index in [1.54, 1.807) is 24.3 Å². The third kappa shape index (κ3) is 1.39. The Morgan fingerprint density at radius 2 is 1.94 bits per heavy atom. The SMILES string of the molecule is N#CC(C(N)=O)C1=CC(=O)c2ccccc21. The largest absolute Gasteiger partial charge is 0.368 e. The van der Waals surface area contributed by atoms with E-state index in [-0.39, 0.29) is 5.78 Å². The summed E-state index contributed by atoms with van der Waals surface area (Å²) in [6.07, 6.45) is 1.31. The Morgan fingerprint density at radius 1 is 1.31 bits per heavy atom. The van der Waals surface area contributed by atoms with Gasteiger partial charge in [-0.2, -0.15) is 5.26 Å². The van der Waals surface area contributed by atoms with Crippen molar-refractivity contribution >= 4 is 17.3 Å². The Hall–Kier alpha value is -2.41. The lowest BCUT2D eigenvalue weighted by atomic mass is 9.94. The average Bonchev–Trinajstić information content (AvgIpc) is 2.58. The van der Waals surface area contributed by atoms with Crippen molar-refractivity contribution in [3.8, 4) is 6.07 Å². The van der Waals surface area contributed by atoms with Crippen LogP contribution in [0.3, 0.4) is 0 Å². The van der Waals surface area contributed by atoms with Crippen molar-refractivity contribution in [2.45, 2.75) is 0 Å². The van der Waals surface area contributed by atoms with Crippen molar-refractivity contribution in [3.05, 3.63) is 41.5 Å². The second kappa shape index (κ2) is 3.63. The maximum Gasteiger partial charge on any atom is 0.239 e. The molecule has 2 N–H and O–H groups in total. The van der Waals surface area contributed by atoms with Crippen LogP contribution in [-0.2, 0) is 4.79 Å². The molecule has 0 saturated carbocycles. The number of benzene rings is 1. The predicted octanol–water partition coefficient (Wildman–Crippen LogP) is 0.891. The van der Waals surface area contributed by atoms with Crippen LogP contribution >= 0.6 is 0 Å². The van der Waals surface area contributed by atoms with Gasteiger partial charge in [0, 0.05) is 5.56 Å². The monoisotopic (exact) mass is 212 g/mol. The predicted molar refractivity (Wildman–Crippen MR) is 57.0 cm³/mol. The van der Waals surface area contributed by atoms with Crippen LogP contribution in [0.25, 0.3) is 5.57 Å². The molecule has 0 aliphatic heterocycles. The van der Waals surface area contributed by atoms with E-state index in [0.29, 0.717) is 16.7 Å². The van der Waals surface area contributed by atoms with Crippen molar-refractivity contribution in [1.82, 2.24) is 0 Å². The van der Waals surface area contributed by atoms with E-state index in [1.807, 2.05) is 6.07 Å². The smallest absolute Gasteiger partial charge is 0.239 e. The fraction of sp³-hybridized carbons (Fsp3) is 0.0833. The van der Waals surface area contributed by atoms with E-state index in [9.17, 15) is 9.59 Å². The standard InChI is InChI=1S/C12H8N2O2/c13-6-10(12(14)16)9-5-11(15)8-4-2-1-3-7(8)9/h1-5,10H,(H2,14,16). The molecular formula is C12H8N2O2. The Bertz CT molecular complexity index is 552. The van der Waals surface area contributed by atoms with Crippen molar-refractivity contribution in [2.75, 3.05) is 0 Å². The molecule has 0 saturated heterocycles. The highest BCUT2D eigenvalue weighted by Crippen LogP contribution is 2.32. The summed E-state index contributed by atoms with van der Waals surface area (Å²) in [7, 11) is 0. The zero-order valence-electron chi connectivity index (χ0n) is 8.31. The van der Waals surface area contributed by atoms with Crippen molar-refractivity contribution in [1.29, 1.82) is 5.26 Å². The van der Waals surface area contributed by atoms with Gasteiger partial charge in [0.15, 0.2) is 11.7 Å². The molecule has 1 atom stereocenters. The zero-order chi connectivity index (χ0) is 11.7. The summed E-state index contributed by atoms with van der Waals surface area (Å²) in [6.45, 7) is 0. The molecule has 0 heterocycles. The number of nitrogens with zero attached hydrogens (tertiary/aromatic N) is 1. The zero-order valence-corrected chi connectivity index (χ0v) is 8.31. The molecule has 1 aliphatic carbocycles. The minimum atomic E-state index is -1.06. The summed E-state index contributed by atoms with van der Waals surface area (Å²) < 4.78 is 0. The fourth-order valence-electron chi connectivity index (χ4n) is 1.77. The first-order chi connectivity index (χ1) is 7.65. The first-order valence-electron chi connectivity index (χ1n) is 4.69. The van der Waals surface area contributed by atoms with Gasteiger partial charge in [-0.25, -0.2) is 0 Å². The van der Waals surface area contributed by atoms with Gasteiger partial charge in [0.1, 0.15) is 0 Å². The number of amides is 1. The van der Waals surface area contributed by atoms with Crippen LogP contribution in [0.2, 0.25) is 0 Å². The molecule has 0 fully saturated rings. The normalized spacial score (nSPS) is 14.9. The Kier molecular flexibility index (Phi) is 2.29. The van der Waals surface area contributed by atoms with E-state index < -0.39 is 11.8 Å². The number of carbonyl (C=O) groups excluding carboxylic acids is 2. The van der Waals surface area contributed by atoms with Crippen LogP contribution in [0, 0.1) is 17.2 Å². The molecule has 1 aromatic rings. The van der Waals surface area contributed by atoms with E-state index in [2.05, 4.69) is 0 Å². The molecule has 0 radical (unpaired) electrons. The van der Waals surface area contributed by atoms with Crippen molar-refractivity contribution < 1.29 is 9.59 Å². The number of ketones is 1. The summed E-state index contributed by atoms with van der Waals surface area (Å²) in [6, 6.07) is 8.67. The number of carbonyl (C=O) groups is 2. The van der Waals surface area contributed by atoms with Gasteiger partial charge in [-0.1, -0.05) is 24.3 Å². The summed E-state index contributed by atoms with van der Waals surface area (Å²) in [5.41, 5.74) is 6.65. The lowest BCUT2D eigenvalue weighted by Gasteiger charge is -2.07. The second-order valence-corrected chi connectivity index (χ2v) is 3.47. The van der Waals surface area contributed by atoms with Crippen LogP contribution in [-0.4, -0.2) is 11.7 Å². The van der Waals surface area contributed by atoms with Crippen LogP contribution in [0.15, 0.2) is 30.3 Å². The number of allylic oxidation sites excluding steroid dienone is 1. The Labute approximate surface area is 92.0 Å². The minimum Gasteiger partial charge on any atom is -0.368 e. The maximum atomic E-state index is 11.6. The quantitative estimate of drug-likeness (QED) is 0.790. The van der Waals surface area contributed by atoms with E-state index in [1.165, 1.54) is 6.08 Å². The average molecular weight is 212 g/mol. The number of hydrogen-bond acceptors (Lipinski definition) is 3.